The van der Waals surface area contributed by atoms with Crippen molar-refractivity contribution >= 4 is 15.4 Å². The summed E-state index contributed by atoms with van der Waals surface area (Å²) in [7, 11) is -9.29. The van der Waals surface area contributed by atoms with Crippen LogP contribution in [0.2, 0.25) is 0 Å². The van der Waals surface area contributed by atoms with Crippen LogP contribution in [-0.4, -0.2) is 14.7 Å². The molecule has 0 aliphatic carbocycles. The number of rotatable bonds is 4. The van der Waals surface area contributed by atoms with Gasteiger partial charge in [0.1, 0.15) is 0 Å². The van der Waals surface area contributed by atoms with Crippen molar-refractivity contribution in [2.45, 2.75) is 13.8 Å². The van der Waals surface area contributed by atoms with Gasteiger partial charge in [-0.1, -0.05) is 17.7 Å². The summed E-state index contributed by atoms with van der Waals surface area (Å²) in [6, 6.07) is 0. The Labute approximate surface area is 81.7 Å². The molecule has 0 rings (SSSR count). The standard InChI is InChI=1S/C6H12O6P2/c1-6(2)4-3-5-13(7,8)12-14(9,10)11/h3-5H,1-2H3,(H,7,8)(H2,9,10,11). The summed E-state index contributed by atoms with van der Waals surface area (Å²) in [6.45, 7) is 3.52. The minimum atomic E-state index is -4.94. The van der Waals surface area contributed by atoms with Crippen molar-refractivity contribution < 1.29 is 28.1 Å². The normalized spacial score (nSPS) is 16.6. The fourth-order valence-electron chi connectivity index (χ4n) is 0.524. The molecule has 82 valence electrons. The van der Waals surface area contributed by atoms with Gasteiger partial charge in [-0.2, -0.15) is 0 Å². The lowest BCUT2D eigenvalue weighted by Gasteiger charge is -2.07. The molecule has 0 fully saturated rings. The summed E-state index contributed by atoms with van der Waals surface area (Å²) >= 11 is 0. The molecule has 14 heavy (non-hydrogen) atoms. The fraction of sp³-hybridized carbons (Fsp3) is 0.333. The van der Waals surface area contributed by atoms with Crippen LogP contribution in [0.5, 0.6) is 0 Å². The predicted molar refractivity (Wildman–Crippen MR) is 51.5 cm³/mol. The van der Waals surface area contributed by atoms with E-state index in [1.54, 1.807) is 13.8 Å². The Bertz CT molecular complexity index is 334. The van der Waals surface area contributed by atoms with Crippen LogP contribution in [0, 0.1) is 0 Å². The van der Waals surface area contributed by atoms with E-state index in [0.29, 0.717) is 5.82 Å². The minimum absolute atomic E-state index is 0.707. The molecule has 0 aliphatic rings. The maximum absolute atomic E-state index is 10.9. The van der Waals surface area contributed by atoms with Gasteiger partial charge in [-0.25, -0.2) is 8.88 Å². The van der Waals surface area contributed by atoms with Gasteiger partial charge in [0.2, 0.25) is 0 Å². The van der Waals surface area contributed by atoms with E-state index >= 15 is 0 Å². The zero-order valence-electron chi connectivity index (χ0n) is 7.69. The van der Waals surface area contributed by atoms with Gasteiger partial charge in [0.15, 0.2) is 0 Å². The second kappa shape index (κ2) is 5.03. The van der Waals surface area contributed by atoms with E-state index in [1.807, 2.05) is 0 Å². The van der Waals surface area contributed by atoms with Crippen LogP contribution >= 0.6 is 15.4 Å². The third-order valence-corrected chi connectivity index (χ3v) is 3.26. The van der Waals surface area contributed by atoms with Gasteiger partial charge < -0.3 is 14.7 Å². The molecule has 1 atom stereocenters. The van der Waals surface area contributed by atoms with Crippen molar-refractivity contribution in [3.63, 3.8) is 0 Å². The van der Waals surface area contributed by atoms with Gasteiger partial charge in [-0.3, -0.25) is 4.57 Å². The van der Waals surface area contributed by atoms with Crippen LogP contribution in [-0.2, 0) is 13.4 Å². The molecule has 0 aromatic carbocycles. The van der Waals surface area contributed by atoms with Crippen molar-refractivity contribution in [3.8, 4) is 0 Å². The average Bonchev–Trinajstić information content (AvgIpc) is 1.78. The molecular formula is C6H12O6P2. The summed E-state index contributed by atoms with van der Waals surface area (Å²) < 4.78 is 24.8. The van der Waals surface area contributed by atoms with Crippen molar-refractivity contribution in [3.05, 3.63) is 23.5 Å². The Balaban J connectivity index is 4.52. The Kier molecular flexibility index (Phi) is 4.95. The molecule has 0 bridgehead atoms. The molecule has 1 unspecified atom stereocenters. The Morgan fingerprint density at radius 3 is 2.07 bits per heavy atom. The smallest absolute Gasteiger partial charge is 0.321 e. The first-order valence-corrected chi connectivity index (χ1v) is 6.72. The van der Waals surface area contributed by atoms with Crippen LogP contribution in [0.15, 0.2) is 23.5 Å². The monoisotopic (exact) mass is 242 g/mol. The van der Waals surface area contributed by atoms with Gasteiger partial charge in [-0.05, 0) is 13.8 Å². The molecule has 0 radical (unpaired) electrons. The summed E-state index contributed by atoms with van der Waals surface area (Å²) in [5, 5.41) is 0. The van der Waals surface area contributed by atoms with Gasteiger partial charge in [0.25, 0.3) is 0 Å². The summed E-state index contributed by atoms with van der Waals surface area (Å²) in [5.41, 5.74) is 0.873. The van der Waals surface area contributed by atoms with E-state index in [0.717, 1.165) is 5.57 Å². The molecule has 0 saturated carbocycles. The molecule has 0 saturated heterocycles. The molecule has 0 heterocycles. The highest BCUT2D eigenvalue weighted by Gasteiger charge is 2.27. The zero-order chi connectivity index (χ0) is 11.4. The van der Waals surface area contributed by atoms with Crippen molar-refractivity contribution in [2.75, 3.05) is 0 Å². The summed E-state index contributed by atoms with van der Waals surface area (Å²) in [4.78, 5) is 25.4. The molecule has 6 nitrogen and oxygen atoms in total. The predicted octanol–water partition coefficient (Wildman–Crippen LogP) is 1.76. The van der Waals surface area contributed by atoms with E-state index in [2.05, 4.69) is 4.31 Å². The lowest BCUT2D eigenvalue weighted by molar-refractivity contribution is 0.267. The molecule has 0 amide bonds. The largest absolute Gasteiger partial charge is 0.477 e. The van der Waals surface area contributed by atoms with E-state index < -0.39 is 15.4 Å². The average molecular weight is 242 g/mol. The Morgan fingerprint density at radius 1 is 1.21 bits per heavy atom. The lowest BCUT2D eigenvalue weighted by atomic mass is 10.3. The van der Waals surface area contributed by atoms with Crippen LogP contribution in [0.4, 0.5) is 0 Å². The second-order valence-electron chi connectivity index (χ2n) is 2.72. The quantitative estimate of drug-likeness (QED) is 0.512. The SMILES string of the molecule is CC(C)=CC=CP(=O)(O)OP(=O)(O)O. The highest BCUT2D eigenvalue weighted by molar-refractivity contribution is 7.65. The van der Waals surface area contributed by atoms with E-state index in [9.17, 15) is 9.13 Å². The summed E-state index contributed by atoms with van der Waals surface area (Å²) in [6.07, 6.45) is 2.71. The van der Waals surface area contributed by atoms with Crippen molar-refractivity contribution in [2.24, 2.45) is 0 Å². The first-order valence-electron chi connectivity index (χ1n) is 3.54. The number of allylic oxidation sites excluding steroid dienone is 3. The lowest BCUT2D eigenvalue weighted by Crippen LogP contribution is -1.84. The van der Waals surface area contributed by atoms with Gasteiger partial charge in [-0.15, -0.1) is 0 Å². The third-order valence-electron chi connectivity index (χ3n) is 0.927. The maximum Gasteiger partial charge on any atom is 0.477 e. The van der Waals surface area contributed by atoms with Gasteiger partial charge in [0.05, 0.1) is 0 Å². The first kappa shape index (κ1) is 13.8. The Morgan fingerprint density at radius 2 is 1.71 bits per heavy atom. The maximum atomic E-state index is 10.9. The van der Waals surface area contributed by atoms with Gasteiger partial charge in [0, 0.05) is 5.82 Å². The second-order valence-corrected chi connectivity index (χ2v) is 5.78. The fourth-order valence-corrected chi connectivity index (χ4v) is 2.26. The number of phosphoric acid groups is 1. The zero-order valence-corrected chi connectivity index (χ0v) is 9.48. The van der Waals surface area contributed by atoms with Crippen LogP contribution in [0.1, 0.15) is 13.8 Å². The summed E-state index contributed by atoms with van der Waals surface area (Å²) in [5.74, 6) is 0.707. The van der Waals surface area contributed by atoms with E-state index in [1.165, 1.54) is 12.2 Å². The molecule has 0 aromatic rings. The van der Waals surface area contributed by atoms with Crippen LogP contribution in [0.25, 0.3) is 0 Å². The van der Waals surface area contributed by atoms with E-state index in [4.69, 9.17) is 14.7 Å². The minimum Gasteiger partial charge on any atom is -0.321 e. The van der Waals surface area contributed by atoms with E-state index in [-0.39, 0.29) is 0 Å². The van der Waals surface area contributed by atoms with Crippen LogP contribution in [0.3, 0.4) is 0 Å². The highest BCUT2D eigenvalue weighted by Crippen LogP contribution is 2.57. The first-order chi connectivity index (χ1) is 6.12. The van der Waals surface area contributed by atoms with Gasteiger partial charge >= 0.3 is 15.4 Å². The third kappa shape index (κ3) is 8.38. The molecule has 3 N–H and O–H groups in total. The molecule has 0 spiro atoms. The topological polar surface area (TPSA) is 104 Å². The molecule has 0 aliphatic heterocycles. The number of hydrogen-bond acceptors (Lipinski definition) is 3. The molecule has 0 aromatic heterocycles. The number of hydrogen-bond donors (Lipinski definition) is 3. The Hall–Kier alpha value is -0.220. The van der Waals surface area contributed by atoms with Crippen molar-refractivity contribution in [1.82, 2.24) is 0 Å². The molecule has 8 heteroatoms. The highest BCUT2D eigenvalue weighted by atomic mass is 31.3. The van der Waals surface area contributed by atoms with Crippen molar-refractivity contribution in [1.29, 1.82) is 0 Å². The molecular weight excluding hydrogens is 230 g/mol. The van der Waals surface area contributed by atoms with Crippen LogP contribution < -0.4 is 0 Å².